The molecule has 1 atom stereocenters. The van der Waals surface area contributed by atoms with Gasteiger partial charge in [0.1, 0.15) is 0 Å². The van der Waals surface area contributed by atoms with Crippen LogP contribution in [-0.2, 0) is 6.54 Å². The van der Waals surface area contributed by atoms with Crippen LogP contribution in [0.5, 0.6) is 0 Å². The van der Waals surface area contributed by atoms with Crippen LogP contribution in [0.1, 0.15) is 0 Å². The zero-order valence-corrected chi connectivity index (χ0v) is 7.61. The summed E-state index contributed by atoms with van der Waals surface area (Å²) in [5.74, 6) is 0. The van der Waals surface area contributed by atoms with Crippen molar-refractivity contribution < 1.29 is 10.2 Å². The molecule has 1 unspecified atom stereocenters. The van der Waals surface area contributed by atoms with Gasteiger partial charge in [0, 0.05) is 12.3 Å². The minimum absolute atomic E-state index is 0.0515. The van der Waals surface area contributed by atoms with Crippen molar-refractivity contribution in [2.24, 2.45) is 0 Å². The second-order valence-corrected chi connectivity index (χ2v) is 3.11. The van der Waals surface area contributed by atoms with Gasteiger partial charge in [-0.25, -0.2) is 0 Å². The Morgan fingerprint density at radius 2 is 2.23 bits per heavy atom. The van der Waals surface area contributed by atoms with E-state index in [1.807, 2.05) is 0 Å². The molecule has 0 spiro atoms. The van der Waals surface area contributed by atoms with Gasteiger partial charge in [-0.3, -0.25) is 4.79 Å². The highest BCUT2D eigenvalue weighted by atomic mass is 35.5. The van der Waals surface area contributed by atoms with Gasteiger partial charge in [-0.15, -0.1) is 0 Å². The molecule has 2 N–H and O–H groups in total. The molecule has 0 aliphatic rings. The van der Waals surface area contributed by atoms with Crippen molar-refractivity contribution in [1.29, 1.82) is 0 Å². The maximum Gasteiger partial charge on any atom is 0.250 e. The maximum absolute atomic E-state index is 11.1. The Bertz CT molecular complexity index is 336. The van der Waals surface area contributed by atoms with E-state index in [0.717, 1.165) is 0 Å². The summed E-state index contributed by atoms with van der Waals surface area (Å²) in [4.78, 5) is 11.1. The molecular weight excluding hydrogens is 194 g/mol. The van der Waals surface area contributed by atoms with Crippen molar-refractivity contribution in [3.8, 4) is 0 Å². The molecule has 0 saturated heterocycles. The molecule has 4 nitrogen and oxygen atoms in total. The number of rotatable bonds is 3. The van der Waals surface area contributed by atoms with E-state index in [2.05, 4.69) is 0 Å². The highest BCUT2D eigenvalue weighted by molar-refractivity contribution is 6.30. The lowest BCUT2D eigenvalue weighted by Gasteiger charge is -2.09. The van der Waals surface area contributed by atoms with Crippen molar-refractivity contribution in [2.75, 3.05) is 6.61 Å². The molecule has 0 aliphatic carbocycles. The second kappa shape index (κ2) is 4.41. The highest BCUT2D eigenvalue weighted by Crippen LogP contribution is 2.03. The fraction of sp³-hybridized carbons (Fsp3) is 0.375. The van der Waals surface area contributed by atoms with Crippen LogP contribution in [0.3, 0.4) is 0 Å². The lowest BCUT2D eigenvalue weighted by molar-refractivity contribution is 0.0804. The van der Waals surface area contributed by atoms with Crippen molar-refractivity contribution in [1.82, 2.24) is 4.57 Å². The largest absolute Gasteiger partial charge is 0.394 e. The van der Waals surface area contributed by atoms with Crippen LogP contribution in [0.2, 0.25) is 5.02 Å². The molecule has 0 aromatic carbocycles. The molecular formula is C8H10ClNO3. The molecule has 0 bridgehead atoms. The van der Waals surface area contributed by atoms with Crippen molar-refractivity contribution in [3.05, 3.63) is 33.7 Å². The zero-order chi connectivity index (χ0) is 9.84. The quantitative estimate of drug-likeness (QED) is 0.719. The molecule has 1 rings (SSSR count). The summed E-state index contributed by atoms with van der Waals surface area (Å²) in [7, 11) is 0. The van der Waals surface area contributed by atoms with Gasteiger partial charge < -0.3 is 14.8 Å². The number of aliphatic hydroxyl groups is 2. The van der Waals surface area contributed by atoms with Crippen LogP contribution in [0, 0.1) is 0 Å². The SMILES string of the molecule is O=c1ccc(Cl)cn1CC(O)CO. The van der Waals surface area contributed by atoms with Crippen molar-refractivity contribution in [3.63, 3.8) is 0 Å². The Morgan fingerprint density at radius 3 is 2.85 bits per heavy atom. The third kappa shape index (κ3) is 2.84. The summed E-state index contributed by atoms with van der Waals surface area (Å²) in [6, 6.07) is 2.79. The van der Waals surface area contributed by atoms with E-state index in [0.29, 0.717) is 5.02 Å². The second-order valence-electron chi connectivity index (χ2n) is 2.67. The Kier molecular flexibility index (Phi) is 3.48. The van der Waals surface area contributed by atoms with E-state index in [1.165, 1.54) is 22.9 Å². The predicted molar refractivity (Wildman–Crippen MR) is 48.8 cm³/mol. The Balaban J connectivity index is 2.87. The van der Waals surface area contributed by atoms with E-state index < -0.39 is 6.10 Å². The first-order chi connectivity index (χ1) is 6.13. The Labute approximate surface area is 80.0 Å². The molecule has 1 aromatic rings. The minimum Gasteiger partial charge on any atom is -0.394 e. The van der Waals surface area contributed by atoms with Crippen LogP contribution in [-0.4, -0.2) is 27.5 Å². The number of halogens is 1. The smallest absolute Gasteiger partial charge is 0.250 e. The van der Waals surface area contributed by atoms with Gasteiger partial charge in [0.25, 0.3) is 5.56 Å². The molecule has 72 valence electrons. The number of aromatic nitrogens is 1. The molecule has 1 heterocycles. The monoisotopic (exact) mass is 203 g/mol. The van der Waals surface area contributed by atoms with Crippen molar-refractivity contribution in [2.45, 2.75) is 12.6 Å². The molecule has 0 saturated carbocycles. The molecule has 0 aliphatic heterocycles. The average molecular weight is 204 g/mol. The van der Waals surface area contributed by atoms with E-state index in [9.17, 15) is 4.79 Å². The number of hydrogen-bond acceptors (Lipinski definition) is 3. The van der Waals surface area contributed by atoms with Gasteiger partial charge in [-0.1, -0.05) is 11.6 Å². The summed E-state index contributed by atoms with van der Waals surface area (Å²) < 4.78 is 1.25. The normalized spacial score (nSPS) is 12.8. The highest BCUT2D eigenvalue weighted by Gasteiger charge is 2.04. The van der Waals surface area contributed by atoms with Crippen molar-refractivity contribution >= 4 is 11.6 Å². The van der Waals surface area contributed by atoms with Crippen LogP contribution in [0.15, 0.2) is 23.1 Å². The van der Waals surface area contributed by atoms with Crippen LogP contribution in [0.4, 0.5) is 0 Å². The molecule has 0 amide bonds. The fourth-order valence-corrected chi connectivity index (χ4v) is 1.11. The number of aliphatic hydroxyl groups excluding tert-OH is 2. The summed E-state index contributed by atoms with van der Waals surface area (Å²) >= 11 is 5.64. The van der Waals surface area contributed by atoms with Gasteiger partial charge >= 0.3 is 0 Å². The summed E-state index contributed by atoms with van der Waals surface area (Å²) in [6.07, 6.45) is 0.485. The number of pyridine rings is 1. The lowest BCUT2D eigenvalue weighted by Crippen LogP contribution is -2.27. The van der Waals surface area contributed by atoms with Gasteiger partial charge in [-0.2, -0.15) is 0 Å². The predicted octanol–water partition coefficient (Wildman–Crippen LogP) is -0.145. The standard InChI is InChI=1S/C8H10ClNO3/c9-6-1-2-8(13)10(3-6)4-7(12)5-11/h1-3,7,11-12H,4-5H2. The molecule has 0 radical (unpaired) electrons. The average Bonchev–Trinajstić information content (AvgIpc) is 2.11. The van der Waals surface area contributed by atoms with Gasteiger partial charge in [0.15, 0.2) is 0 Å². The number of nitrogens with zero attached hydrogens (tertiary/aromatic N) is 1. The third-order valence-corrected chi connectivity index (χ3v) is 1.79. The summed E-state index contributed by atoms with van der Waals surface area (Å²) in [6.45, 7) is -0.325. The molecule has 13 heavy (non-hydrogen) atoms. The van der Waals surface area contributed by atoms with Crippen LogP contribution in [0.25, 0.3) is 0 Å². The number of hydrogen-bond donors (Lipinski definition) is 2. The van der Waals surface area contributed by atoms with E-state index in [-0.39, 0.29) is 18.7 Å². The summed E-state index contributed by atoms with van der Waals surface area (Å²) in [5, 5.41) is 18.1. The third-order valence-electron chi connectivity index (χ3n) is 1.57. The maximum atomic E-state index is 11.1. The van der Waals surface area contributed by atoms with Gasteiger partial charge in [0.2, 0.25) is 0 Å². The van der Waals surface area contributed by atoms with E-state index in [4.69, 9.17) is 21.8 Å². The fourth-order valence-electron chi connectivity index (χ4n) is 0.930. The Hall–Kier alpha value is -0.840. The first-order valence-electron chi connectivity index (χ1n) is 3.78. The zero-order valence-electron chi connectivity index (χ0n) is 6.85. The van der Waals surface area contributed by atoms with Crippen LogP contribution < -0.4 is 5.56 Å². The van der Waals surface area contributed by atoms with E-state index >= 15 is 0 Å². The first-order valence-corrected chi connectivity index (χ1v) is 4.16. The Morgan fingerprint density at radius 1 is 1.54 bits per heavy atom. The lowest BCUT2D eigenvalue weighted by atomic mass is 10.3. The van der Waals surface area contributed by atoms with E-state index in [1.54, 1.807) is 0 Å². The first kappa shape index (κ1) is 10.2. The topological polar surface area (TPSA) is 62.5 Å². The van der Waals surface area contributed by atoms with Gasteiger partial charge in [0.05, 0.1) is 24.3 Å². The summed E-state index contributed by atoms with van der Waals surface area (Å²) in [5.41, 5.74) is -0.253. The molecule has 0 fully saturated rings. The minimum atomic E-state index is -0.934. The van der Waals surface area contributed by atoms with Crippen LogP contribution >= 0.6 is 11.6 Å². The molecule has 1 aromatic heterocycles. The molecule has 5 heteroatoms. The van der Waals surface area contributed by atoms with Gasteiger partial charge in [-0.05, 0) is 6.07 Å².